The SMILES string of the molecule is CCC(C)C(=O)O.CCCC(=O)NC.CCCC(=O)NCc1ccccc1.CCN. The maximum absolute atomic E-state index is 11.1. The second-order valence-corrected chi connectivity index (χ2v) is 6.49. The Balaban J connectivity index is -0.000000367. The molecule has 7 nitrogen and oxygen atoms in total. The highest BCUT2D eigenvalue weighted by molar-refractivity contribution is 5.75. The number of carboxylic acid groups (broad SMARTS) is 1. The fourth-order valence-corrected chi connectivity index (χ4v) is 1.64. The number of aliphatic carboxylic acids is 1. The van der Waals surface area contributed by atoms with Crippen LogP contribution in [0.3, 0.4) is 0 Å². The van der Waals surface area contributed by atoms with Crippen molar-refractivity contribution < 1.29 is 19.5 Å². The van der Waals surface area contributed by atoms with E-state index in [-0.39, 0.29) is 17.7 Å². The van der Waals surface area contributed by atoms with Gasteiger partial charge in [-0.15, -0.1) is 0 Å². The first-order valence-corrected chi connectivity index (χ1v) is 10.7. The van der Waals surface area contributed by atoms with E-state index >= 15 is 0 Å². The maximum atomic E-state index is 11.1. The molecule has 7 heteroatoms. The van der Waals surface area contributed by atoms with E-state index in [0.717, 1.165) is 31.4 Å². The van der Waals surface area contributed by atoms with Crippen LogP contribution in [0, 0.1) is 5.92 Å². The van der Waals surface area contributed by atoms with Crippen LogP contribution < -0.4 is 16.4 Å². The quantitative estimate of drug-likeness (QED) is 0.506. The van der Waals surface area contributed by atoms with Crippen molar-refractivity contribution in [3.63, 3.8) is 0 Å². The van der Waals surface area contributed by atoms with Crippen LogP contribution in [-0.2, 0) is 20.9 Å². The van der Waals surface area contributed by atoms with Gasteiger partial charge >= 0.3 is 5.97 Å². The van der Waals surface area contributed by atoms with Crippen molar-refractivity contribution in [3.05, 3.63) is 35.9 Å². The summed E-state index contributed by atoms with van der Waals surface area (Å²) < 4.78 is 0. The Hall–Kier alpha value is -2.41. The number of amides is 2. The first-order chi connectivity index (χ1) is 14.2. The van der Waals surface area contributed by atoms with Crippen LogP contribution >= 0.6 is 0 Å². The van der Waals surface area contributed by atoms with Gasteiger partial charge in [-0.1, -0.05) is 65.0 Å². The molecule has 0 radical (unpaired) electrons. The van der Waals surface area contributed by atoms with Gasteiger partial charge in [0, 0.05) is 26.4 Å². The molecule has 1 atom stereocenters. The average molecular weight is 426 g/mol. The highest BCUT2D eigenvalue weighted by Gasteiger charge is 2.05. The van der Waals surface area contributed by atoms with E-state index in [2.05, 4.69) is 10.6 Å². The average Bonchev–Trinajstić information content (AvgIpc) is 2.74. The summed E-state index contributed by atoms with van der Waals surface area (Å²) in [6, 6.07) is 9.93. The fraction of sp³-hybridized carbons (Fsp3) is 0.609. The lowest BCUT2D eigenvalue weighted by atomic mass is 10.1. The summed E-state index contributed by atoms with van der Waals surface area (Å²) in [5.41, 5.74) is 5.99. The molecule has 1 aromatic rings. The summed E-state index contributed by atoms with van der Waals surface area (Å²) in [6.07, 6.45) is 3.82. The lowest BCUT2D eigenvalue weighted by Gasteiger charge is -2.03. The summed E-state index contributed by atoms with van der Waals surface area (Å²) in [6.45, 7) is 10.8. The Morgan fingerprint density at radius 3 is 1.73 bits per heavy atom. The number of nitrogens with two attached hydrogens (primary N) is 1. The number of hydrogen-bond acceptors (Lipinski definition) is 4. The second-order valence-electron chi connectivity index (χ2n) is 6.49. The summed E-state index contributed by atoms with van der Waals surface area (Å²) >= 11 is 0. The maximum Gasteiger partial charge on any atom is 0.306 e. The van der Waals surface area contributed by atoms with Crippen LogP contribution in [0.5, 0.6) is 0 Å². The van der Waals surface area contributed by atoms with Crippen LogP contribution in [0.1, 0.15) is 72.3 Å². The Morgan fingerprint density at radius 2 is 1.43 bits per heavy atom. The third-order valence-electron chi connectivity index (χ3n) is 3.60. The van der Waals surface area contributed by atoms with Crippen LogP contribution in [0.4, 0.5) is 0 Å². The molecule has 0 heterocycles. The highest BCUT2D eigenvalue weighted by Crippen LogP contribution is 1.98. The van der Waals surface area contributed by atoms with E-state index in [1.807, 2.05) is 58.0 Å². The third-order valence-corrected chi connectivity index (χ3v) is 3.60. The number of nitrogens with one attached hydrogen (secondary N) is 2. The van der Waals surface area contributed by atoms with E-state index in [1.54, 1.807) is 14.0 Å². The molecule has 0 aliphatic rings. The second kappa shape index (κ2) is 24.6. The Labute approximate surface area is 182 Å². The summed E-state index contributed by atoms with van der Waals surface area (Å²) in [5.74, 6) is -0.628. The van der Waals surface area contributed by atoms with E-state index in [0.29, 0.717) is 19.4 Å². The van der Waals surface area contributed by atoms with Crippen LogP contribution in [0.15, 0.2) is 30.3 Å². The van der Waals surface area contributed by atoms with Gasteiger partial charge < -0.3 is 21.5 Å². The van der Waals surface area contributed by atoms with Crippen molar-refractivity contribution in [1.82, 2.24) is 10.6 Å². The molecule has 0 spiro atoms. The summed E-state index contributed by atoms with van der Waals surface area (Å²) in [7, 11) is 1.65. The molecular formula is C23H43N3O4. The van der Waals surface area contributed by atoms with Gasteiger partial charge in [0.25, 0.3) is 0 Å². The Bertz CT molecular complexity index is 535. The minimum absolute atomic E-state index is 0.127. The molecule has 30 heavy (non-hydrogen) atoms. The van der Waals surface area contributed by atoms with Gasteiger partial charge in [-0.2, -0.15) is 0 Å². The van der Waals surface area contributed by atoms with Crippen molar-refractivity contribution in [2.75, 3.05) is 13.6 Å². The Morgan fingerprint density at radius 1 is 0.967 bits per heavy atom. The van der Waals surface area contributed by atoms with Gasteiger partial charge in [-0.25, -0.2) is 0 Å². The van der Waals surface area contributed by atoms with E-state index in [4.69, 9.17) is 10.8 Å². The zero-order valence-corrected chi connectivity index (χ0v) is 19.7. The minimum atomic E-state index is -0.706. The summed E-state index contributed by atoms with van der Waals surface area (Å²) in [4.78, 5) is 31.3. The number of benzene rings is 1. The lowest BCUT2D eigenvalue weighted by molar-refractivity contribution is -0.141. The molecule has 174 valence electrons. The molecule has 0 aromatic heterocycles. The molecule has 5 N–H and O–H groups in total. The van der Waals surface area contributed by atoms with Gasteiger partial charge in [0.05, 0.1) is 5.92 Å². The first kappa shape index (κ1) is 32.3. The van der Waals surface area contributed by atoms with Crippen molar-refractivity contribution in [2.45, 2.75) is 73.3 Å². The van der Waals surface area contributed by atoms with E-state index in [9.17, 15) is 14.4 Å². The minimum Gasteiger partial charge on any atom is -0.481 e. The number of carboxylic acids is 1. The molecule has 0 aliphatic carbocycles. The van der Waals surface area contributed by atoms with Crippen molar-refractivity contribution in [1.29, 1.82) is 0 Å². The molecule has 0 fully saturated rings. The normalized spacial score (nSPS) is 9.83. The smallest absolute Gasteiger partial charge is 0.306 e. The third kappa shape index (κ3) is 25.6. The lowest BCUT2D eigenvalue weighted by Crippen LogP contribution is -2.21. The predicted molar refractivity (Wildman–Crippen MR) is 124 cm³/mol. The zero-order chi connectivity index (χ0) is 23.8. The Kier molecular flexibility index (Phi) is 26.5. The number of carbonyl (C=O) groups excluding carboxylic acids is 2. The van der Waals surface area contributed by atoms with E-state index in [1.165, 1.54) is 0 Å². The van der Waals surface area contributed by atoms with Crippen LogP contribution in [0.25, 0.3) is 0 Å². The molecule has 0 bridgehead atoms. The van der Waals surface area contributed by atoms with E-state index < -0.39 is 5.97 Å². The van der Waals surface area contributed by atoms with Gasteiger partial charge in [0.2, 0.25) is 11.8 Å². The molecule has 0 aliphatic heterocycles. The van der Waals surface area contributed by atoms with Crippen molar-refractivity contribution in [3.8, 4) is 0 Å². The number of carbonyl (C=O) groups is 3. The van der Waals surface area contributed by atoms with Crippen LogP contribution in [0.2, 0.25) is 0 Å². The molecule has 0 saturated heterocycles. The van der Waals surface area contributed by atoms with Crippen molar-refractivity contribution in [2.24, 2.45) is 11.7 Å². The van der Waals surface area contributed by atoms with Gasteiger partial charge in [0.1, 0.15) is 0 Å². The number of rotatable bonds is 8. The predicted octanol–water partition coefficient (Wildman–Crippen LogP) is 3.72. The number of hydrogen-bond donors (Lipinski definition) is 4. The van der Waals surface area contributed by atoms with Gasteiger partial charge in [0.15, 0.2) is 0 Å². The standard InChI is InChI=1S/C11H15NO.C5H11NO.C5H10O2.C2H7N/c1-2-6-11(13)12-9-10-7-4-3-5-8-10;1-3-4-5(7)6-2;1-3-4(2)5(6)7;1-2-3/h3-5,7-8H,2,6,9H2,1H3,(H,12,13);3-4H2,1-2H3,(H,6,7);4H,3H2,1-2H3,(H,6,7);2-3H2,1H3. The molecule has 0 saturated carbocycles. The van der Waals surface area contributed by atoms with Gasteiger partial charge in [-0.05, 0) is 31.4 Å². The van der Waals surface area contributed by atoms with Gasteiger partial charge in [-0.3, -0.25) is 14.4 Å². The molecule has 1 unspecified atom stereocenters. The molecule has 2 amide bonds. The van der Waals surface area contributed by atoms with Crippen molar-refractivity contribution >= 4 is 17.8 Å². The van der Waals surface area contributed by atoms with Crippen LogP contribution in [-0.4, -0.2) is 36.5 Å². The molecule has 1 aromatic carbocycles. The molecular weight excluding hydrogens is 382 g/mol. The largest absolute Gasteiger partial charge is 0.481 e. The zero-order valence-electron chi connectivity index (χ0n) is 19.7. The topological polar surface area (TPSA) is 122 Å². The first-order valence-electron chi connectivity index (χ1n) is 10.7. The molecule has 1 rings (SSSR count). The highest BCUT2D eigenvalue weighted by atomic mass is 16.4. The monoisotopic (exact) mass is 425 g/mol. The fourth-order valence-electron chi connectivity index (χ4n) is 1.64. The summed E-state index contributed by atoms with van der Waals surface area (Å²) in [5, 5.41) is 13.6.